The smallest absolute Gasteiger partial charge is 0.415 e. The van der Waals surface area contributed by atoms with Gasteiger partial charge in [-0.2, -0.15) is 13.2 Å². The molecule has 6 heterocycles. The third-order valence-electron chi connectivity index (χ3n) is 9.91. The van der Waals surface area contributed by atoms with Crippen LogP contribution in [0, 0.1) is 0 Å². The maximum absolute atomic E-state index is 13.5. The fourth-order valence-electron chi connectivity index (χ4n) is 7.59. The molecule has 244 valence electrons. The monoisotopic (exact) mass is 640 g/mol. The first-order valence-corrected chi connectivity index (χ1v) is 15.9. The number of likely N-dealkylation sites (tertiary alicyclic amines) is 2. The van der Waals surface area contributed by atoms with E-state index in [4.69, 9.17) is 14.5 Å². The molecule has 3 aromatic rings. The van der Waals surface area contributed by atoms with Crippen LogP contribution in [0.25, 0.3) is 22.3 Å². The second-order valence-corrected chi connectivity index (χ2v) is 12.7. The second kappa shape index (κ2) is 11.4. The number of aliphatic hydroxyl groups is 1. The van der Waals surface area contributed by atoms with E-state index in [1.54, 1.807) is 23.1 Å². The lowest BCUT2D eigenvalue weighted by atomic mass is 9.85. The number of carbonyl (C=O) groups is 2. The summed E-state index contributed by atoms with van der Waals surface area (Å²) in [6.07, 6.45) is -1.08. The van der Waals surface area contributed by atoms with Crippen molar-refractivity contribution >= 4 is 23.0 Å². The number of piperidine rings is 2. The van der Waals surface area contributed by atoms with Crippen molar-refractivity contribution < 1.29 is 37.3 Å². The van der Waals surface area contributed by atoms with E-state index in [-0.39, 0.29) is 17.8 Å². The van der Waals surface area contributed by atoms with E-state index < -0.39 is 48.0 Å². The van der Waals surface area contributed by atoms with E-state index in [1.165, 1.54) is 29.9 Å². The Morgan fingerprint density at radius 2 is 1.83 bits per heavy atom. The fourth-order valence-corrected chi connectivity index (χ4v) is 7.59. The lowest BCUT2D eigenvalue weighted by Crippen LogP contribution is -2.48. The summed E-state index contributed by atoms with van der Waals surface area (Å²) in [6.45, 7) is 5.02. The number of ether oxygens (including phenoxy) is 2. The molecule has 46 heavy (non-hydrogen) atoms. The average Bonchev–Trinajstić information content (AvgIpc) is 3.40. The largest absolute Gasteiger partial charge is 0.458 e. The van der Waals surface area contributed by atoms with Crippen LogP contribution < -0.4 is 10.3 Å². The Morgan fingerprint density at radius 3 is 2.52 bits per heavy atom. The van der Waals surface area contributed by atoms with E-state index in [0.29, 0.717) is 48.1 Å². The number of carbonyl (C=O) groups excluding carboxylic acids is 2. The van der Waals surface area contributed by atoms with Crippen LogP contribution in [0.2, 0.25) is 0 Å². The lowest BCUT2D eigenvalue weighted by Gasteiger charge is -2.39. The van der Waals surface area contributed by atoms with Crippen molar-refractivity contribution in [1.82, 2.24) is 19.4 Å². The average molecular weight is 641 g/mol. The molecular formula is C33H35F3N4O6. The predicted octanol–water partition coefficient (Wildman–Crippen LogP) is 4.63. The maximum atomic E-state index is 13.5. The molecule has 1 unspecified atom stereocenters. The minimum absolute atomic E-state index is 0.102. The molecule has 10 nitrogen and oxygen atoms in total. The van der Waals surface area contributed by atoms with Crippen LogP contribution in [-0.4, -0.2) is 74.9 Å². The summed E-state index contributed by atoms with van der Waals surface area (Å²) >= 11 is 0. The number of benzene rings is 1. The summed E-state index contributed by atoms with van der Waals surface area (Å²) in [5.74, 6) is -1.09. The van der Waals surface area contributed by atoms with Crippen molar-refractivity contribution in [1.29, 1.82) is 0 Å². The van der Waals surface area contributed by atoms with Crippen molar-refractivity contribution in [2.45, 2.75) is 82.8 Å². The van der Waals surface area contributed by atoms with Crippen molar-refractivity contribution in [2.75, 3.05) is 26.2 Å². The van der Waals surface area contributed by atoms with Crippen LogP contribution in [0.1, 0.15) is 67.7 Å². The van der Waals surface area contributed by atoms with Gasteiger partial charge in [-0.3, -0.25) is 4.79 Å². The molecule has 1 atom stereocenters. The van der Waals surface area contributed by atoms with Crippen molar-refractivity contribution in [3.8, 4) is 17.1 Å². The SMILES string of the molecule is CCc1c2c(nc3ccc(OC(=O)N4CCC(N5CCCCC5)CC4)cc13)-c1cc3c(c(=O)n1C2)COC(=O)C3(O)CC(F)(F)F. The zero-order valence-electron chi connectivity index (χ0n) is 25.5. The first-order chi connectivity index (χ1) is 22.0. The van der Waals surface area contributed by atoms with Crippen molar-refractivity contribution in [3.05, 3.63) is 56.9 Å². The second-order valence-electron chi connectivity index (χ2n) is 12.7. The number of pyridine rings is 2. The first kappa shape index (κ1) is 30.7. The van der Waals surface area contributed by atoms with Crippen LogP contribution in [0.4, 0.5) is 18.0 Å². The number of hydrogen-bond acceptors (Lipinski definition) is 8. The number of esters is 1. The number of aromatic nitrogens is 2. The quantitative estimate of drug-likeness (QED) is 0.321. The molecule has 13 heteroatoms. The van der Waals surface area contributed by atoms with Gasteiger partial charge in [0.2, 0.25) is 0 Å². The summed E-state index contributed by atoms with van der Waals surface area (Å²) in [6, 6.07) is 6.87. The molecule has 1 N–H and O–H groups in total. The molecule has 4 aliphatic heterocycles. The van der Waals surface area contributed by atoms with Gasteiger partial charge in [-0.05, 0) is 75.0 Å². The number of cyclic esters (lactones) is 1. The molecule has 2 saturated heterocycles. The Morgan fingerprint density at radius 1 is 1.09 bits per heavy atom. The fraction of sp³-hybridized carbons (Fsp3) is 0.515. The van der Waals surface area contributed by atoms with Gasteiger partial charge >= 0.3 is 18.2 Å². The number of alkyl halides is 3. The van der Waals surface area contributed by atoms with Gasteiger partial charge in [0.25, 0.3) is 5.56 Å². The Kier molecular flexibility index (Phi) is 7.58. The van der Waals surface area contributed by atoms with E-state index in [2.05, 4.69) is 4.90 Å². The summed E-state index contributed by atoms with van der Waals surface area (Å²) in [7, 11) is 0. The van der Waals surface area contributed by atoms with E-state index >= 15 is 0 Å². The predicted molar refractivity (Wildman–Crippen MR) is 160 cm³/mol. The number of fused-ring (bicyclic) bond motifs is 5. The number of hydrogen-bond donors (Lipinski definition) is 1. The zero-order valence-corrected chi connectivity index (χ0v) is 25.5. The minimum Gasteiger partial charge on any atom is -0.458 e. The molecule has 0 aliphatic carbocycles. The molecule has 0 saturated carbocycles. The highest BCUT2D eigenvalue weighted by molar-refractivity contribution is 5.90. The Labute approximate surface area is 262 Å². The van der Waals surface area contributed by atoms with Crippen LogP contribution in [0.3, 0.4) is 0 Å². The molecule has 7 rings (SSSR count). The van der Waals surface area contributed by atoms with E-state index in [9.17, 15) is 32.7 Å². The van der Waals surface area contributed by atoms with Gasteiger partial charge in [-0.1, -0.05) is 13.3 Å². The molecule has 0 radical (unpaired) electrons. The highest BCUT2D eigenvalue weighted by Gasteiger charge is 2.53. The molecule has 2 fully saturated rings. The third kappa shape index (κ3) is 5.23. The van der Waals surface area contributed by atoms with Gasteiger partial charge in [-0.25, -0.2) is 14.6 Å². The Balaban J connectivity index is 1.17. The number of halogens is 3. The summed E-state index contributed by atoms with van der Waals surface area (Å²) in [4.78, 5) is 48.2. The first-order valence-electron chi connectivity index (χ1n) is 15.9. The van der Waals surface area contributed by atoms with Crippen LogP contribution in [0.5, 0.6) is 5.75 Å². The lowest BCUT2D eigenvalue weighted by molar-refractivity contribution is -0.205. The highest BCUT2D eigenvalue weighted by atomic mass is 19.4. The maximum Gasteiger partial charge on any atom is 0.415 e. The van der Waals surface area contributed by atoms with Crippen LogP contribution in [-0.2, 0) is 34.7 Å². The number of rotatable bonds is 4. The minimum atomic E-state index is -4.90. The van der Waals surface area contributed by atoms with Crippen LogP contribution in [0.15, 0.2) is 29.1 Å². The molecule has 4 aliphatic rings. The van der Waals surface area contributed by atoms with Crippen LogP contribution >= 0.6 is 0 Å². The number of amides is 1. The summed E-state index contributed by atoms with van der Waals surface area (Å²) in [5.41, 5.74) is -1.61. The standard InChI is InChI=1S/C33H35F3N4O6/c1-2-21-22-14-20(46-31(43)39-12-8-19(9-13-39)38-10-4-3-5-11-38)6-7-26(22)37-28-23(21)16-40-27(28)15-25-24(29(40)41)17-45-30(42)32(25,44)18-33(34,35)36/h6-7,14-15,19,44H,2-5,8-13,16-18H2,1H3. The summed E-state index contributed by atoms with van der Waals surface area (Å²) in [5, 5.41) is 11.7. The Hall–Kier alpha value is -3.97. The topological polar surface area (TPSA) is 114 Å². The zero-order chi connectivity index (χ0) is 32.4. The van der Waals surface area contributed by atoms with Gasteiger partial charge < -0.3 is 28.9 Å². The van der Waals surface area contributed by atoms with Gasteiger partial charge in [0.05, 0.1) is 35.4 Å². The molecule has 1 amide bonds. The molecule has 0 bridgehead atoms. The van der Waals surface area contributed by atoms with E-state index in [0.717, 1.165) is 36.9 Å². The highest BCUT2D eigenvalue weighted by Crippen LogP contribution is 2.43. The number of nitrogens with zero attached hydrogens (tertiary/aromatic N) is 4. The number of aryl methyl sites for hydroxylation is 1. The molecular weight excluding hydrogens is 605 g/mol. The normalized spacial score (nSPS) is 21.9. The van der Waals surface area contributed by atoms with Crippen molar-refractivity contribution in [3.63, 3.8) is 0 Å². The van der Waals surface area contributed by atoms with Gasteiger partial charge in [0, 0.05) is 35.6 Å². The third-order valence-corrected chi connectivity index (χ3v) is 9.91. The van der Waals surface area contributed by atoms with Crippen molar-refractivity contribution in [2.24, 2.45) is 0 Å². The molecule has 1 aromatic carbocycles. The summed E-state index contributed by atoms with van der Waals surface area (Å²) < 4.78 is 52.4. The van der Waals surface area contributed by atoms with Gasteiger partial charge in [-0.15, -0.1) is 0 Å². The molecule has 2 aromatic heterocycles. The van der Waals surface area contributed by atoms with Gasteiger partial charge in [0.15, 0.2) is 5.60 Å². The Bertz CT molecular complexity index is 1790. The van der Waals surface area contributed by atoms with E-state index in [1.807, 2.05) is 6.92 Å². The van der Waals surface area contributed by atoms with Gasteiger partial charge in [0.1, 0.15) is 12.4 Å². The molecule has 0 spiro atoms.